The molecule has 0 radical (unpaired) electrons. The quantitative estimate of drug-likeness (QED) is 0.577. The molecule has 0 atom stereocenters. The summed E-state index contributed by atoms with van der Waals surface area (Å²) in [5.41, 5.74) is 4.90. The summed E-state index contributed by atoms with van der Waals surface area (Å²) in [6.45, 7) is 10.8. The van der Waals surface area contributed by atoms with E-state index in [0.29, 0.717) is 24.5 Å². The minimum absolute atomic E-state index is 0.0867. The highest BCUT2D eigenvalue weighted by Crippen LogP contribution is 2.14. The number of carbonyl (C=O) groups excluding carboxylic acids is 1. The van der Waals surface area contributed by atoms with Gasteiger partial charge in [-0.3, -0.25) is 9.89 Å². The third-order valence-corrected chi connectivity index (χ3v) is 3.75. The van der Waals surface area contributed by atoms with E-state index in [4.69, 9.17) is 4.74 Å². The molecule has 2 aromatic rings. The molecule has 0 aliphatic rings. The molecule has 0 bridgehead atoms. The molecule has 1 amide bonds. The molecule has 5 heteroatoms. The van der Waals surface area contributed by atoms with Gasteiger partial charge in [-0.15, -0.1) is 0 Å². The summed E-state index contributed by atoms with van der Waals surface area (Å²) in [5, 5.41) is 10.1. The number of aryl methyl sites for hydroxylation is 2. The van der Waals surface area contributed by atoms with Crippen molar-refractivity contribution in [1.29, 1.82) is 0 Å². The second kappa shape index (κ2) is 8.34. The molecule has 0 saturated heterocycles. The monoisotopic (exact) mass is 327 g/mol. The zero-order chi connectivity index (χ0) is 17.5. The Morgan fingerprint density at radius 1 is 1.38 bits per heavy atom. The Morgan fingerprint density at radius 3 is 2.83 bits per heavy atom. The van der Waals surface area contributed by atoms with E-state index < -0.39 is 0 Å². The third kappa shape index (κ3) is 4.98. The maximum atomic E-state index is 12.2. The molecule has 1 heterocycles. The maximum absolute atomic E-state index is 12.2. The van der Waals surface area contributed by atoms with Crippen LogP contribution in [0.25, 0.3) is 0 Å². The summed E-state index contributed by atoms with van der Waals surface area (Å²) >= 11 is 0. The topological polar surface area (TPSA) is 67.0 Å². The van der Waals surface area contributed by atoms with Crippen molar-refractivity contribution < 1.29 is 9.53 Å². The van der Waals surface area contributed by atoms with Gasteiger partial charge in [-0.25, -0.2) is 0 Å². The van der Waals surface area contributed by atoms with E-state index in [1.165, 1.54) is 5.56 Å². The standard InChI is InChI=1S/C19H25N3O2/c1-13(2)12-24-17-8-5-7-16(11-17)19(23)20-10-6-9-18-14(3)21-22-15(18)4/h5,7-8,11H,1,6,9-10,12H2,2-4H3,(H,20,23)(H,21,22). The predicted molar refractivity (Wildman–Crippen MR) is 95.5 cm³/mol. The Bertz CT molecular complexity index is 700. The molecular formula is C19H25N3O2. The number of hydrogen-bond acceptors (Lipinski definition) is 3. The third-order valence-electron chi connectivity index (χ3n) is 3.75. The number of ether oxygens (including phenoxy) is 1. The van der Waals surface area contributed by atoms with Gasteiger partial charge in [0.25, 0.3) is 5.91 Å². The molecule has 24 heavy (non-hydrogen) atoms. The van der Waals surface area contributed by atoms with Crippen molar-refractivity contribution in [3.8, 4) is 5.75 Å². The molecule has 1 aromatic carbocycles. The van der Waals surface area contributed by atoms with Crippen molar-refractivity contribution in [1.82, 2.24) is 15.5 Å². The lowest BCUT2D eigenvalue weighted by Gasteiger charge is -2.09. The van der Waals surface area contributed by atoms with E-state index in [0.717, 1.165) is 29.8 Å². The van der Waals surface area contributed by atoms with Gasteiger partial charge in [0.05, 0.1) is 5.69 Å². The van der Waals surface area contributed by atoms with Crippen LogP contribution in [0.2, 0.25) is 0 Å². The number of amides is 1. The average Bonchev–Trinajstić information content (AvgIpc) is 2.88. The molecule has 1 aromatic heterocycles. The van der Waals surface area contributed by atoms with E-state index in [1.807, 2.05) is 32.9 Å². The molecule has 0 unspecified atom stereocenters. The zero-order valence-electron chi connectivity index (χ0n) is 14.6. The lowest BCUT2D eigenvalue weighted by Crippen LogP contribution is -2.24. The fourth-order valence-electron chi connectivity index (χ4n) is 2.45. The number of aromatic nitrogens is 2. The van der Waals surface area contributed by atoms with Gasteiger partial charge in [0.15, 0.2) is 0 Å². The first-order chi connectivity index (χ1) is 11.5. The molecule has 2 rings (SSSR count). The Hall–Kier alpha value is -2.56. The van der Waals surface area contributed by atoms with Crippen molar-refractivity contribution in [3.05, 3.63) is 58.9 Å². The van der Waals surface area contributed by atoms with Gasteiger partial charge < -0.3 is 10.1 Å². The van der Waals surface area contributed by atoms with Crippen molar-refractivity contribution >= 4 is 5.91 Å². The molecule has 2 N–H and O–H groups in total. The van der Waals surface area contributed by atoms with Gasteiger partial charge in [0, 0.05) is 17.8 Å². The van der Waals surface area contributed by atoms with Crippen LogP contribution >= 0.6 is 0 Å². The smallest absolute Gasteiger partial charge is 0.251 e. The Morgan fingerprint density at radius 2 is 2.17 bits per heavy atom. The Labute approximate surface area is 143 Å². The second-order valence-electron chi connectivity index (χ2n) is 6.05. The second-order valence-corrected chi connectivity index (χ2v) is 6.05. The van der Waals surface area contributed by atoms with Crippen LogP contribution in [-0.2, 0) is 6.42 Å². The lowest BCUT2D eigenvalue weighted by molar-refractivity contribution is 0.0953. The Balaban J connectivity index is 1.82. The van der Waals surface area contributed by atoms with Crippen LogP contribution in [-0.4, -0.2) is 29.3 Å². The van der Waals surface area contributed by atoms with Crippen molar-refractivity contribution in [2.75, 3.05) is 13.2 Å². The SMILES string of the molecule is C=C(C)COc1cccc(C(=O)NCCCc2c(C)n[nH]c2C)c1. The molecule has 128 valence electrons. The van der Waals surface area contributed by atoms with E-state index in [9.17, 15) is 4.79 Å². The van der Waals surface area contributed by atoms with Crippen molar-refractivity contribution in [2.24, 2.45) is 0 Å². The minimum atomic E-state index is -0.0867. The van der Waals surface area contributed by atoms with E-state index in [1.54, 1.807) is 12.1 Å². The van der Waals surface area contributed by atoms with Crippen LogP contribution in [0.15, 0.2) is 36.4 Å². The number of hydrogen-bond donors (Lipinski definition) is 2. The summed E-state index contributed by atoms with van der Waals surface area (Å²) in [7, 11) is 0. The first-order valence-corrected chi connectivity index (χ1v) is 8.13. The highest BCUT2D eigenvalue weighted by molar-refractivity contribution is 5.94. The van der Waals surface area contributed by atoms with Gasteiger partial charge in [-0.05, 0) is 62.9 Å². The number of aromatic amines is 1. The number of rotatable bonds is 8. The number of benzene rings is 1. The van der Waals surface area contributed by atoms with E-state index in [2.05, 4.69) is 22.1 Å². The van der Waals surface area contributed by atoms with E-state index >= 15 is 0 Å². The average molecular weight is 327 g/mol. The first-order valence-electron chi connectivity index (χ1n) is 8.13. The fraction of sp³-hybridized carbons (Fsp3) is 0.368. The lowest BCUT2D eigenvalue weighted by atomic mass is 10.1. The van der Waals surface area contributed by atoms with Gasteiger partial charge in [-0.2, -0.15) is 5.10 Å². The summed E-state index contributed by atoms with van der Waals surface area (Å²) < 4.78 is 5.57. The Kier molecular flexibility index (Phi) is 6.18. The number of nitrogens with one attached hydrogen (secondary N) is 2. The maximum Gasteiger partial charge on any atom is 0.251 e. The summed E-state index contributed by atoms with van der Waals surface area (Å²) in [4.78, 5) is 12.2. The molecule has 0 fully saturated rings. The molecular weight excluding hydrogens is 302 g/mol. The molecule has 5 nitrogen and oxygen atoms in total. The molecule has 0 aliphatic heterocycles. The normalized spacial score (nSPS) is 10.5. The van der Waals surface area contributed by atoms with E-state index in [-0.39, 0.29) is 5.91 Å². The highest BCUT2D eigenvalue weighted by Gasteiger charge is 2.08. The largest absolute Gasteiger partial charge is 0.489 e. The van der Waals surface area contributed by atoms with Crippen molar-refractivity contribution in [3.63, 3.8) is 0 Å². The molecule has 0 aliphatic carbocycles. The summed E-state index contributed by atoms with van der Waals surface area (Å²) in [6.07, 6.45) is 1.77. The highest BCUT2D eigenvalue weighted by atomic mass is 16.5. The molecule has 0 spiro atoms. The van der Waals surface area contributed by atoms with Crippen LogP contribution in [0.3, 0.4) is 0 Å². The van der Waals surface area contributed by atoms with Gasteiger partial charge in [0.1, 0.15) is 12.4 Å². The molecule has 0 saturated carbocycles. The number of H-pyrrole nitrogens is 1. The van der Waals surface area contributed by atoms with Crippen LogP contribution < -0.4 is 10.1 Å². The number of carbonyl (C=O) groups is 1. The fourth-order valence-corrected chi connectivity index (χ4v) is 2.45. The summed E-state index contributed by atoms with van der Waals surface area (Å²) in [6, 6.07) is 7.20. The summed E-state index contributed by atoms with van der Waals surface area (Å²) in [5.74, 6) is 0.590. The number of nitrogens with zero attached hydrogens (tertiary/aromatic N) is 1. The van der Waals surface area contributed by atoms with Crippen LogP contribution in [0.5, 0.6) is 5.75 Å². The first kappa shape index (κ1) is 17.8. The van der Waals surface area contributed by atoms with Crippen molar-refractivity contribution in [2.45, 2.75) is 33.6 Å². The minimum Gasteiger partial charge on any atom is -0.489 e. The predicted octanol–water partition coefficient (Wildman–Crippen LogP) is 3.34. The van der Waals surface area contributed by atoms with Gasteiger partial charge in [0.2, 0.25) is 0 Å². The van der Waals surface area contributed by atoms with Gasteiger partial charge >= 0.3 is 0 Å². The van der Waals surface area contributed by atoms with Gasteiger partial charge in [-0.1, -0.05) is 12.6 Å². The van der Waals surface area contributed by atoms with Crippen LogP contribution in [0.1, 0.15) is 40.7 Å². The van der Waals surface area contributed by atoms with Crippen LogP contribution in [0.4, 0.5) is 0 Å². The van der Waals surface area contributed by atoms with Crippen LogP contribution in [0, 0.1) is 13.8 Å². The zero-order valence-corrected chi connectivity index (χ0v) is 14.6.